The molecule has 0 atom stereocenters. The molecule has 5 heteroatoms. The van der Waals surface area contributed by atoms with E-state index in [1.165, 1.54) is 0 Å². The highest BCUT2D eigenvalue weighted by Crippen LogP contribution is 2.21. The van der Waals surface area contributed by atoms with Crippen LogP contribution in [0.25, 0.3) is 5.57 Å². The minimum Gasteiger partial charge on any atom is -0.466 e. The number of anilines is 1. The first-order chi connectivity index (χ1) is 14.2. The Morgan fingerprint density at radius 2 is 1.90 bits per heavy atom. The van der Waals surface area contributed by atoms with E-state index in [0.29, 0.717) is 26.0 Å². The van der Waals surface area contributed by atoms with E-state index in [0.717, 1.165) is 33.9 Å². The molecule has 1 N–H and O–H groups in total. The van der Waals surface area contributed by atoms with Crippen molar-refractivity contribution in [2.24, 2.45) is 0 Å². The van der Waals surface area contributed by atoms with Crippen molar-refractivity contribution in [1.82, 2.24) is 9.97 Å². The van der Waals surface area contributed by atoms with Crippen molar-refractivity contribution in [3.05, 3.63) is 96.0 Å². The molecule has 0 unspecified atom stereocenters. The number of carbonyl (C=O) groups is 1. The van der Waals surface area contributed by atoms with E-state index in [1.807, 2.05) is 48.5 Å². The molecule has 0 aliphatic rings. The van der Waals surface area contributed by atoms with Gasteiger partial charge in [0.15, 0.2) is 0 Å². The maximum absolute atomic E-state index is 11.6. The van der Waals surface area contributed by atoms with Gasteiger partial charge in [0.1, 0.15) is 5.82 Å². The Hall–Kier alpha value is -3.47. The van der Waals surface area contributed by atoms with Gasteiger partial charge in [-0.1, -0.05) is 43.0 Å². The van der Waals surface area contributed by atoms with Crippen LogP contribution < -0.4 is 5.32 Å². The number of pyridine rings is 2. The Morgan fingerprint density at radius 3 is 2.62 bits per heavy atom. The van der Waals surface area contributed by atoms with Gasteiger partial charge >= 0.3 is 5.97 Å². The zero-order valence-corrected chi connectivity index (χ0v) is 16.6. The van der Waals surface area contributed by atoms with Gasteiger partial charge in [0.2, 0.25) is 0 Å². The standard InChI is InChI=1S/C24H25N3O2/c1-3-29-24(28)15-14-21-7-6-8-22(27-21)18(2)20-12-10-19(11-13-20)17-26-23-9-4-5-16-25-23/h4-13,16H,2-3,14-15,17H2,1H3,(H,25,26). The van der Waals surface area contributed by atoms with E-state index in [1.54, 1.807) is 13.1 Å². The molecule has 3 rings (SSSR count). The van der Waals surface area contributed by atoms with Crippen molar-refractivity contribution < 1.29 is 9.53 Å². The summed E-state index contributed by atoms with van der Waals surface area (Å²) in [5.41, 5.74) is 4.69. The Morgan fingerprint density at radius 1 is 1.07 bits per heavy atom. The number of ether oxygens (including phenoxy) is 1. The smallest absolute Gasteiger partial charge is 0.306 e. The Balaban J connectivity index is 1.61. The largest absolute Gasteiger partial charge is 0.466 e. The first-order valence-corrected chi connectivity index (χ1v) is 9.70. The van der Waals surface area contributed by atoms with Crippen LogP contribution in [0.15, 0.2) is 73.4 Å². The van der Waals surface area contributed by atoms with Crippen molar-refractivity contribution in [3.63, 3.8) is 0 Å². The molecule has 1 aromatic carbocycles. The Bertz CT molecular complexity index is 953. The minimum atomic E-state index is -0.201. The second-order valence-electron chi connectivity index (χ2n) is 6.56. The van der Waals surface area contributed by atoms with Crippen LogP contribution in [0, 0.1) is 0 Å². The van der Waals surface area contributed by atoms with Crippen molar-refractivity contribution in [2.75, 3.05) is 11.9 Å². The number of rotatable bonds is 9. The third-order valence-electron chi connectivity index (χ3n) is 4.45. The Labute approximate surface area is 171 Å². The van der Waals surface area contributed by atoms with Gasteiger partial charge in [0, 0.05) is 30.4 Å². The lowest BCUT2D eigenvalue weighted by Crippen LogP contribution is -2.06. The minimum absolute atomic E-state index is 0.201. The lowest BCUT2D eigenvalue weighted by Gasteiger charge is -2.10. The Kier molecular flexibility index (Phi) is 7.11. The highest BCUT2D eigenvalue weighted by Gasteiger charge is 2.08. The van der Waals surface area contributed by atoms with E-state index in [-0.39, 0.29) is 5.97 Å². The maximum atomic E-state index is 11.6. The molecule has 3 aromatic rings. The number of benzene rings is 1. The number of hydrogen-bond donors (Lipinski definition) is 1. The van der Waals surface area contributed by atoms with Crippen LogP contribution in [-0.4, -0.2) is 22.5 Å². The molecule has 0 fully saturated rings. The zero-order valence-electron chi connectivity index (χ0n) is 16.6. The number of carbonyl (C=O) groups excluding carboxylic acids is 1. The van der Waals surface area contributed by atoms with E-state index >= 15 is 0 Å². The maximum Gasteiger partial charge on any atom is 0.306 e. The van der Waals surface area contributed by atoms with Crippen molar-refractivity contribution in [1.29, 1.82) is 0 Å². The molecule has 0 aliphatic carbocycles. The third kappa shape index (κ3) is 6.01. The highest BCUT2D eigenvalue weighted by molar-refractivity contribution is 5.76. The summed E-state index contributed by atoms with van der Waals surface area (Å²) in [5, 5.41) is 3.30. The van der Waals surface area contributed by atoms with E-state index in [9.17, 15) is 4.79 Å². The zero-order chi connectivity index (χ0) is 20.5. The molecule has 148 valence electrons. The van der Waals surface area contributed by atoms with Gasteiger partial charge in [-0.05, 0) is 42.3 Å². The molecule has 0 radical (unpaired) electrons. The summed E-state index contributed by atoms with van der Waals surface area (Å²) in [7, 11) is 0. The van der Waals surface area contributed by atoms with Crippen LogP contribution in [0.3, 0.4) is 0 Å². The summed E-state index contributed by atoms with van der Waals surface area (Å²) in [6.07, 6.45) is 2.65. The van der Waals surface area contributed by atoms with Gasteiger partial charge in [-0.15, -0.1) is 0 Å². The van der Waals surface area contributed by atoms with Crippen molar-refractivity contribution >= 4 is 17.4 Å². The number of nitrogens with one attached hydrogen (secondary N) is 1. The molecule has 2 aromatic heterocycles. The monoisotopic (exact) mass is 387 g/mol. The first-order valence-electron chi connectivity index (χ1n) is 9.70. The lowest BCUT2D eigenvalue weighted by atomic mass is 10.0. The average Bonchev–Trinajstić information content (AvgIpc) is 2.77. The number of nitrogens with zero attached hydrogens (tertiary/aromatic N) is 2. The second kappa shape index (κ2) is 10.2. The molecule has 0 saturated carbocycles. The number of hydrogen-bond acceptors (Lipinski definition) is 5. The first kappa shape index (κ1) is 20.3. The van der Waals surface area contributed by atoms with Crippen LogP contribution in [0.4, 0.5) is 5.82 Å². The van der Waals surface area contributed by atoms with E-state index < -0.39 is 0 Å². The molecule has 0 saturated heterocycles. The molecule has 0 bridgehead atoms. The number of aryl methyl sites for hydroxylation is 1. The predicted molar refractivity (Wildman–Crippen MR) is 115 cm³/mol. The highest BCUT2D eigenvalue weighted by atomic mass is 16.5. The fourth-order valence-corrected chi connectivity index (χ4v) is 2.88. The van der Waals surface area contributed by atoms with Crippen LogP contribution in [0.5, 0.6) is 0 Å². The van der Waals surface area contributed by atoms with Gasteiger partial charge in [-0.3, -0.25) is 9.78 Å². The quantitative estimate of drug-likeness (QED) is 0.542. The van der Waals surface area contributed by atoms with Crippen LogP contribution >= 0.6 is 0 Å². The van der Waals surface area contributed by atoms with Gasteiger partial charge < -0.3 is 10.1 Å². The van der Waals surface area contributed by atoms with Crippen LogP contribution in [0.1, 0.15) is 35.9 Å². The van der Waals surface area contributed by atoms with Crippen LogP contribution in [-0.2, 0) is 22.5 Å². The normalized spacial score (nSPS) is 10.4. The molecular formula is C24H25N3O2. The molecule has 0 aliphatic heterocycles. The van der Waals surface area contributed by atoms with E-state index in [2.05, 4.69) is 34.0 Å². The molecule has 2 heterocycles. The fourth-order valence-electron chi connectivity index (χ4n) is 2.88. The number of aromatic nitrogens is 2. The topological polar surface area (TPSA) is 64.1 Å². The van der Waals surface area contributed by atoms with Gasteiger partial charge in [-0.2, -0.15) is 0 Å². The van der Waals surface area contributed by atoms with Crippen molar-refractivity contribution in [3.8, 4) is 0 Å². The second-order valence-corrected chi connectivity index (χ2v) is 6.56. The predicted octanol–water partition coefficient (Wildman–Crippen LogP) is 4.65. The summed E-state index contributed by atoms with van der Waals surface area (Å²) >= 11 is 0. The van der Waals surface area contributed by atoms with Crippen LogP contribution in [0.2, 0.25) is 0 Å². The van der Waals surface area contributed by atoms with Gasteiger partial charge in [-0.25, -0.2) is 4.98 Å². The van der Waals surface area contributed by atoms with Gasteiger partial charge in [0.05, 0.1) is 18.7 Å². The van der Waals surface area contributed by atoms with Crippen molar-refractivity contribution in [2.45, 2.75) is 26.3 Å². The lowest BCUT2D eigenvalue weighted by molar-refractivity contribution is -0.143. The summed E-state index contributed by atoms with van der Waals surface area (Å²) in [6, 6.07) is 19.8. The molecule has 0 spiro atoms. The fraction of sp³-hybridized carbons (Fsp3) is 0.208. The summed E-state index contributed by atoms with van der Waals surface area (Å²) in [4.78, 5) is 20.5. The number of esters is 1. The summed E-state index contributed by atoms with van der Waals surface area (Å²) in [5.74, 6) is 0.651. The third-order valence-corrected chi connectivity index (χ3v) is 4.45. The molecule has 29 heavy (non-hydrogen) atoms. The average molecular weight is 387 g/mol. The summed E-state index contributed by atoms with van der Waals surface area (Å²) < 4.78 is 4.98. The molecule has 5 nitrogen and oxygen atoms in total. The summed E-state index contributed by atoms with van der Waals surface area (Å²) in [6.45, 7) is 7.11. The molecule has 0 amide bonds. The van der Waals surface area contributed by atoms with E-state index in [4.69, 9.17) is 4.74 Å². The molecular weight excluding hydrogens is 362 g/mol. The SMILES string of the molecule is C=C(c1ccc(CNc2ccccn2)cc1)c1cccc(CCC(=O)OCC)n1. The van der Waals surface area contributed by atoms with Gasteiger partial charge in [0.25, 0.3) is 0 Å².